The highest BCUT2D eigenvalue weighted by atomic mass is 19.4. The van der Waals surface area contributed by atoms with Gasteiger partial charge in [-0.25, -0.2) is 4.98 Å². The van der Waals surface area contributed by atoms with Crippen LogP contribution in [0, 0.1) is 0 Å². The van der Waals surface area contributed by atoms with Gasteiger partial charge in [0.2, 0.25) is 11.7 Å². The van der Waals surface area contributed by atoms with E-state index in [1.165, 1.54) is 6.07 Å². The quantitative estimate of drug-likeness (QED) is 0.781. The van der Waals surface area contributed by atoms with Gasteiger partial charge in [-0.3, -0.25) is 0 Å². The number of aromatic nitrogens is 2. The molecule has 1 aromatic heterocycles. The van der Waals surface area contributed by atoms with Crippen LogP contribution >= 0.6 is 0 Å². The van der Waals surface area contributed by atoms with Crippen LogP contribution in [-0.4, -0.2) is 48.7 Å². The Morgan fingerprint density at radius 3 is 2.55 bits per heavy atom. The molecule has 0 saturated heterocycles. The van der Waals surface area contributed by atoms with E-state index in [-0.39, 0.29) is 11.7 Å². The van der Waals surface area contributed by atoms with E-state index in [9.17, 15) is 13.2 Å². The third kappa shape index (κ3) is 5.60. The van der Waals surface area contributed by atoms with Gasteiger partial charge in [-0.2, -0.15) is 18.2 Å². The predicted molar refractivity (Wildman–Crippen MR) is 69.9 cm³/mol. The number of ether oxygens (including phenoxy) is 1. The van der Waals surface area contributed by atoms with Gasteiger partial charge in [-0.05, 0) is 27.4 Å². The van der Waals surface area contributed by atoms with Gasteiger partial charge in [-0.15, -0.1) is 0 Å². The van der Waals surface area contributed by atoms with Crippen molar-refractivity contribution >= 4 is 5.82 Å². The largest absolute Gasteiger partial charge is 0.477 e. The van der Waals surface area contributed by atoms with Gasteiger partial charge in [-0.1, -0.05) is 0 Å². The smallest absolute Gasteiger partial charge is 0.451 e. The first-order chi connectivity index (χ1) is 9.32. The first-order valence-electron chi connectivity index (χ1n) is 6.30. The molecular weight excluding hydrogens is 273 g/mol. The first-order valence-corrected chi connectivity index (χ1v) is 6.30. The molecule has 0 aliphatic carbocycles. The maximum absolute atomic E-state index is 12.7. The summed E-state index contributed by atoms with van der Waals surface area (Å²) in [5.74, 6) is -1.15. The van der Waals surface area contributed by atoms with E-state index < -0.39 is 12.0 Å². The van der Waals surface area contributed by atoms with E-state index in [0.29, 0.717) is 19.6 Å². The highest BCUT2D eigenvalue weighted by molar-refractivity contribution is 5.38. The molecule has 20 heavy (non-hydrogen) atoms. The lowest BCUT2D eigenvalue weighted by atomic mass is 10.4. The average molecular weight is 292 g/mol. The van der Waals surface area contributed by atoms with Gasteiger partial charge in [0, 0.05) is 19.2 Å². The minimum Gasteiger partial charge on any atom is -0.477 e. The molecule has 1 N–H and O–H groups in total. The lowest BCUT2D eigenvalue weighted by Gasteiger charge is -2.12. The molecule has 0 atom stereocenters. The maximum Gasteiger partial charge on any atom is 0.451 e. The summed E-state index contributed by atoms with van der Waals surface area (Å²) >= 11 is 0. The van der Waals surface area contributed by atoms with Crippen LogP contribution in [0.25, 0.3) is 0 Å². The van der Waals surface area contributed by atoms with Gasteiger partial charge in [0.05, 0.1) is 6.61 Å². The Labute approximate surface area is 116 Å². The number of alkyl halides is 3. The van der Waals surface area contributed by atoms with Crippen molar-refractivity contribution < 1.29 is 17.9 Å². The van der Waals surface area contributed by atoms with Crippen LogP contribution in [0.3, 0.4) is 0 Å². The molecule has 0 aliphatic rings. The van der Waals surface area contributed by atoms with Crippen LogP contribution in [-0.2, 0) is 6.18 Å². The normalized spacial score (nSPS) is 11.8. The van der Waals surface area contributed by atoms with E-state index in [1.54, 1.807) is 6.92 Å². The fraction of sp³-hybridized carbons (Fsp3) is 0.667. The molecule has 0 fully saturated rings. The van der Waals surface area contributed by atoms with Crippen LogP contribution < -0.4 is 10.1 Å². The van der Waals surface area contributed by atoms with Crippen molar-refractivity contribution in [2.75, 3.05) is 39.1 Å². The molecule has 0 amide bonds. The van der Waals surface area contributed by atoms with E-state index >= 15 is 0 Å². The summed E-state index contributed by atoms with van der Waals surface area (Å²) in [5, 5.41) is 2.73. The van der Waals surface area contributed by atoms with E-state index in [1.807, 2.05) is 19.0 Å². The lowest BCUT2D eigenvalue weighted by Crippen LogP contribution is -2.17. The Morgan fingerprint density at radius 1 is 1.30 bits per heavy atom. The summed E-state index contributed by atoms with van der Waals surface area (Å²) in [4.78, 5) is 8.77. The van der Waals surface area contributed by atoms with Crippen molar-refractivity contribution in [3.63, 3.8) is 0 Å². The van der Waals surface area contributed by atoms with Crippen molar-refractivity contribution in [3.8, 4) is 5.88 Å². The minimum atomic E-state index is -4.59. The van der Waals surface area contributed by atoms with Gasteiger partial charge in [0.1, 0.15) is 5.82 Å². The summed E-state index contributed by atoms with van der Waals surface area (Å²) in [6, 6.07) is 1.37. The minimum absolute atomic E-state index is 0.0676. The Hall–Kier alpha value is -1.57. The van der Waals surface area contributed by atoms with Gasteiger partial charge < -0.3 is 15.0 Å². The fourth-order valence-corrected chi connectivity index (χ4v) is 1.45. The number of anilines is 1. The summed E-state index contributed by atoms with van der Waals surface area (Å²) in [5.41, 5.74) is 0. The zero-order chi connectivity index (χ0) is 15.2. The number of hydrogen-bond donors (Lipinski definition) is 1. The van der Waals surface area contributed by atoms with E-state index in [2.05, 4.69) is 15.3 Å². The molecule has 114 valence electrons. The Bertz CT molecular complexity index is 424. The molecule has 0 radical (unpaired) electrons. The number of halogens is 3. The summed E-state index contributed by atoms with van der Waals surface area (Å²) in [6.45, 7) is 3.33. The van der Waals surface area contributed by atoms with Crippen LogP contribution in [0.1, 0.15) is 19.2 Å². The summed E-state index contributed by atoms with van der Waals surface area (Å²) in [7, 11) is 3.82. The number of rotatable bonds is 7. The highest BCUT2D eigenvalue weighted by Gasteiger charge is 2.35. The number of nitrogens with one attached hydrogen (secondary N) is 1. The second kappa shape index (κ2) is 7.28. The first kappa shape index (κ1) is 16.5. The zero-order valence-corrected chi connectivity index (χ0v) is 11.8. The maximum atomic E-state index is 12.7. The highest BCUT2D eigenvalue weighted by Crippen LogP contribution is 2.28. The molecule has 0 saturated carbocycles. The molecule has 5 nitrogen and oxygen atoms in total. The van der Waals surface area contributed by atoms with Crippen LogP contribution in [0.15, 0.2) is 6.07 Å². The Balaban J connectivity index is 2.76. The third-order valence-corrected chi connectivity index (χ3v) is 2.31. The molecule has 1 heterocycles. The van der Waals surface area contributed by atoms with Crippen molar-refractivity contribution in [3.05, 3.63) is 11.9 Å². The molecule has 1 rings (SSSR count). The number of nitrogens with zero attached hydrogens (tertiary/aromatic N) is 3. The van der Waals surface area contributed by atoms with Gasteiger partial charge in [0.25, 0.3) is 0 Å². The Kier molecular flexibility index (Phi) is 6.00. The van der Waals surface area contributed by atoms with Crippen molar-refractivity contribution in [2.45, 2.75) is 19.5 Å². The average Bonchev–Trinajstić information content (AvgIpc) is 2.33. The summed E-state index contributed by atoms with van der Waals surface area (Å²) < 4.78 is 43.3. The summed E-state index contributed by atoms with van der Waals surface area (Å²) in [6.07, 6.45) is -3.89. The van der Waals surface area contributed by atoms with Gasteiger partial charge in [0.15, 0.2) is 0 Å². The molecular formula is C12H19F3N4O. The predicted octanol–water partition coefficient (Wildman–Crippen LogP) is 2.26. The molecule has 0 unspecified atom stereocenters. The van der Waals surface area contributed by atoms with E-state index in [4.69, 9.17) is 4.74 Å². The Morgan fingerprint density at radius 2 is 2.00 bits per heavy atom. The number of hydrogen-bond acceptors (Lipinski definition) is 5. The molecule has 0 aliphatic heterocycles. The zero-order valence-electron chi connectivity index (χ0n) is 11.8. The molecule has 1 aromatic rings. The van der Waals surface area contributed by atoms with Crippen LogP contribution in [0.4, 0.5) is 19.0 Å². The lowest BCUT2D eigenvalue weighted by molar-refractivity contribution is -0.145. The second-order valence-electron chi connectivity index (χ2n) is 4.45. The SMILES string of the molecule is CCNc1cc(OCCCN(C)C)nc(C(F)(F)F)n1. The van der Waals surface area contributed by atoms with Crippen molar-refractivity contribution in [1.82, 2.24) is 14.9 Å². The third-order valence-electron chi connectivity index (χ3n) is 2.31. The standard InChI is InChI=1S/C12H19F3N4O/c1-4-16-9-8-10(20-7-5-6-19(2)3)18-11(17-9)12(13,14)15/h8H,4-7H2,1-3H3,(H,16,17,18). The van der Waals surface area contributed by atoms with Crippen molar-refractivity contribution in [1.29, 1.82) is 0 Å². The molecule has 0 bridgehead atoms. The van der Waals surface area contributed by atoms with E-state index in [0.717, 1.165) is 6.54 Å². The van der Waals surface area contributed by atoms with Crippen LogP contribution in [0.5, 0.6) is 5.88 Å². The van der Waals surface area contributed by atoms with Crippen molar-refractivity contribution in [2.24, 2.45) is 0 Å². The molecule has 8 heteroatoms. The monoisotopic (exact) mass is 292 g/mol. The second-order valence-corrected chi connectivity index (χ2v) is 4.45. The molecule has 0 spiro atoms. The van der Waals surface area contributed by atoms with Crippen LogP contribution in [0.2, 0.25) is 0 Å². The fourth-order valence-electron chi connectivity index (χ4n) is 1.45. The van der Waals surface area contributed by atoms with Gasteiger partial charge >= 0.3 is 6.18 Å². The molecule has 0 aromatic carbocycles. The topological polar surface area (TPSA) is 50.3 Å².